The Balaban J connectivity index is 1.54. The Morgan fingerprint density at radius 1 is 1.09 bits per heavy atom. The zero-order valence-electron chi connectivity index (χ0n) is 21.5. The van der Waals surface area contributed by atoms with Gasteiger partial charge in [-0.2, -0.15) is 0 Å². The number of carbonyl (C=O) groups is 1. The topological polar surface area (TPSA) is 65.4 Å². The Kier molecular flexibility index (Phi) is 10.2. The van der Waals surface area contributed by atoms with Crippen molar-refractivity contribution in [3.8, 4) is 11.5 Å². The predicted molar refractivity (Wildman–Crippen MR) is 143 cm³/mol. The summed E-state index contributed by atoms with van der Waals surface area (Å²) in [6, 6.07) is 14.3. The first kappa shape index (κ1) is 26.3. The van der Waals surface area contributed by atoms with E-state index in [4.69, 9.17) is 14.5 Å². The predicted octanol–water partition coefficient (Wildman–Crippen LogP) is 6.03. The number of methoxy groups -OCH3 is 1. The third-order valence-corrected chi connectivity index (χ3v) is 5.96. The first-order chi connectivity index (χ1) is 17.0. The standard InChI is InChI=1S/C29H39N3O3/c1-5-12-23-16-17-26(27(21-23)34-4)35-20-11-19-32-25-14-9-8-13-24(25)31-28(32)15-7-6-10-18-30-29(33)22(2)3/h5,8-9,12-14,16-17,21-22H,6-7,10-11,15,18-20H2,1-4H3,(H,30,33)/b12-5+. The lowest BCUT2D eigenvalue weighted by atomic mass is 10.1. The lowest BCUT2D eigenvalue weighted by Gasteiger charge is -2.13. The van der Waals surface area contributed by atoms with E-state index in [1.807, 2.05) is 57.2 Å². The number of hydrogen-bond donors (Lipinski definition) is 1. The second-order valence-corrected chi connectivity index (χ2v) is 9.04. The lowest BCUT2D eigenvalue weighted by molar-refractivity contribution is -0.123. The van der Waals surface area contributed by atoms with E-state index in [1.165, 1.54) is 5.52 Å². The summed E-state index contributed by atoms with van der Waals surface area (Å²) in [6.07, 6.45) is 8.94. The number of aromatic nitrogens is 2. The number of ether oxygens (including phenoxy) is 2. The third kappa shape index (κ3) is 7.61. The maximum atomic E-state index is 11.7. The highest BCUT2D eigenvalue weighted by Crippen LogP contribution is 2.29. The Morgan fingerprint density at radius 3 is 2.69 bits per heavy atom. The van der Waals surface area contributed by atoms with Gasteiger partial charge in [0, 0.05) is 25.4 Å². The molecule has 0 bridgehead atoms. The van der Waals surface area contributed by atoms with Crippen molar-refractivity contribution < 1.29 is 14.3 Å². The number of allylic oxidation sites excluding steroid dienone is 1. The van der Waals surface area contributed by atoms with E-state index in [-0.39, 0.29) is 11.8 Å². The number of imidazole rings is 1. The maximum absolute atomic E-state index is 11.7. The molecule has 0 atom stereocenters. The fourth-order valence-electron chi connectivity index (χ4n) is 4.07. The van der Waals surface area contributed by atoms with E-state index in [0.717, 1.165) is 73.6 Å². The van der Waals surface area contributed by atoms with Crippen LogP contribution in [0, 0.1) is 5.92 Å². The zero-order chi connectivity index (χ0) is 25.0. The molecule has 6 heteroatoms. The number of rotatable bonds is 14. The number of carbonyl (C=O) groups excluding carboxylic acids is 1. The van der Waals surface area contributed by atoms with Crippen molar-refractivity contribution in [2.24, 2.45) is 5.92 Å². The smallest absolute Gasteiger partial charge is 0.222 e. The quantitative estimate of drug-likeness (QED) is 0.288. The first-order valence-electron chi connectivity index (χ1n) is 12.7. The van der Waals surface area contributed by atoms with Crippen LogP contribution in [0.25, 0.3) is 17.1 Å². The molecule has 0 aliphatic heterocycles. The van der Waals surface area contributed by atoms with E-state index in [9.17, 15) is 4.79 Å². The van der Waals surface area contributed by atoms with Crippen LogP contribution in [0.15, 0.2) is 48.5 Å². The summed E-state index contributed by atoms with van der Waals surface area (Å²) in [5.74, 6) is 2.79. The third-order valence-electron chi connectivity index (χ3n) is 5.96. The van der Waals surface area contributed by atoms with E-state index >= 15 is 0 Å². The zero-order valence-corrected chi connectivity index (χ0v) is 21.5. The normalized spacial score (nSPS) is 11.5. The number of aryl methyl sites for hydroxylation is 2. The van der Waals surface area contributed by atoms with Gasteiger partial charge in [0.1, 0.15) is 5.82 Å². The molecule has 1 N–H and O–H groups in total. The summed E-state index contributed by atoms with van der Waals surface area (Å²) in [7, 11) is 1.67. The number of unbranched alkanes of at least 4 members (excludes halogenated alkanes) is 2. The first-order valence-corrected chi connectivity index (χ1v) is 12.7. The molecule has 0 radical (unpaired) electrons. The van der Waals surface area contributed by atoms with Gasteiger partial charge in [-0.05, 0) is 56.0 Å². The fraction of sp³-hybridized carbons (Fsp3) is 0.448. The molecule has 3 aromatic rings. The average molecular weight is 478 g/mol. The molecule has 0 unspecified atom stereocenters. The van der Waals surface area contributed by atoms with Crippen molar-refractivity contribution in [1.82, 2.24) is 14.9 Å². The van der Waals surface area contributed by atoms with Gasteiger partial charge in [0.25, 0.3) is 0 Å². The minimum atomic E-state index is 0.0394. The lowest BCUT2D eigenvalue weighted by Crippen LogP contribution is -2.28. The van der Waals surface area contributed by atoms with E-state index in [2.05, 4.69) is 28.1 Å². The van der Waals surface area contributed by atoms with Crippen LogP contribution in [0.4, 0.5) is 0 Å². The summed E-state index contributed by atoms with van der Waals surface area (Å²) in [4.78, 5) is 16.6. The van der Waals surface area contributed by atoms with Crippen molar-refractivity contribution in [3.63, 3.8) is 0 Å². The van der Waals surface area contributed by atoms with E-state index in [0.29, 0.717) is 6.61 Å². The highest BCUT2D eigenvalue weighted by Gasteiger charge is 2.11. The number of para-hydroxylation sites is 2. The van der Waals surface area contributed by atoms with Crippen molar-refractivity contribution >= 4 is 23.0 Å². The van der Waals surface area contributed by atoms with Crippen molar-refractivity contribution in [3.05, 3.63) is 59.9 Å². The van der Waals surface area contributed by atoms with Gasteiger partial charge < -0.3 is 19.4 Å². The minimum Gasteiger partial charge on any atom is -0.493 e. The number of fused-ring (bicyclic) bond motifs is 1. The summed E-state index contributed by atoms with van der Waals surface area (Å²) in [6.45, 7) is 8.02. The van der Waals surface area contributed by atoms with Crippen LogP contribution in [-0.4, -0.2) is 35.7 Å². The van der Waals surface area contributed by atoms with Gasteiger partial charge in [0.15, 0.2) is 11.5 Å². The van der Waals surface area contributed by atoms with Gasteiger partial charge in [0.2, 0.25) is 5.91 Å². The van der Waals surface area contributed by atoms with Gasteiger partial charge in [-0.3, -0.25) is 4.79 Å². The highest BCUT2D eigenvalue weighted by atomic mass is 16.5. The second-order valence-electron chi connectivity index (χ2n) is 9.04. The summed E-state index contributed by atoms with van der Waals surface area (Å²) >= 11 is 0. The molecular weight excluding hydrogens is 438 g/mol. The molecule has 1 heterocycles. The Morgan fingerprint density at radius 2 is 1.91 bits per heavy atom. The van der Waals surface area contributed by atoms with Crippen LogP contribution in [0.1, 0.15) is 57.8 Å². The number of amides is 1. The highest BCUT2D eigenvalue weighted by molar-refractivity contribution is 5.77. The van der Waals surface area contributed by atoms with Gasteiger partial charge >= 0.3 is 0 Å². The number of nitrogens with zero attached hydrogens (tertiary/aromatic N) is 2. The molecule has 0 aliphatic carbocycles. The van der Waals surface area contributed by atoms with Gasteiger partial charge in [-0.1, -0.05) is 50.6 Å². The largest absolute Gasteiger partial charge is 0.493 e. The van der Waals surface area contributed by atoms with Crippen LogP contribution < -0.4 is 14.8 Å². The van der Waals surface area contributed by atoms with Crippen molar-refractivity contribution in [2.45, 2.75) is 59.4 Å². The molecule has 35 heavy (non-hydrogen) atoms. The van der Waals surface area contributed by atoms with Crippen molar-refractivity contribution in [2.75, 3.05) is 20.3 Å². The molecule has 0 spiro atoms. The van der Waals surface area contributed by atoms with Crippen LogP contribution in [-0.2, 0) is 17.8 Å². The van der Waals surface area contributed by atoms with Crippen LogP contribution in [0.2, 0.25) is 0 Å². The molecule has 0 saturated carbocycles. The summed E-state index contributed by atoms with van der Waals surface area (Å²) in [5, 5.41) is 2.99. The minimum absolute atomic E-state index is 0.0394. The molecule has 1 aromatic heterocycles. The van der Waals surface area contributed by atoms with Crippen LogP contribution in [0.3, 0.4) is 0 Å². The number of nitrogens with one attached hydrogen (secondary N) is 1. The fourth-order valence-corrected chi connectivity index (χ4v) is 4.07. The SMILES string of the molecule is C/C=C/c1ccc(OCCCn2c(CCCCCNC(=O)C(C)C)nc3ccccc32)c(OC)c1. The maximum Gasteiger partial charge on any atom is 0.222 e. The van der Waals surface area contributed by atoms with Gasteiger partial charge in [-0.25, -0.2) is 4.98 Å². The molecule has 0 saturated heterocycles. The molecule has 188 valence electrons. The van der Waals surface area contributed by atoms with Crippen LogP contribution >= 0.6 is 0 Å². The molecule has 0 fully saturated rings. The molecule has 1 amide bonds. The Bertz CT molecular complexity index is 1120. The van der Waals surface area contributed by atoms with E-state index < -0.39 is 0 Å². The molecule has 6 nitrogen and oxygen atoms in total. The summed E-state index contributed by atoms with van der Waals surface area (Å²) < 4.78 is 13.9. The van der Waals surface area contributed by atoms with Gasteiger partial charge in [-0.15, -0.1) is 0 Å². The molecule has 0 aliphatic rings. The number of hydrogen-bond acceptors (Lipinski definition) is 4. The Hall–Kier alpha value is -3.28. The molecular formula is C29H39N3O3. The Labute approximate surface area is 209 Å². The number of benzene rings is 2. The molecule has 3 rings (SSSR count). The molecule has 2 aromatic carbocycles. The van der Waals surface area contributed by atoms with Crippen LogP contribution in [0.5, 0.6) is 11.5 Å². The monoisotopic (exact) mass is 477 g/mol. The van der Waals surface area contributed by atoms with E-state index in [1.54, 1.807) is 7.11 Å². The average Bonchev–Trinajstić information content (AvgIpc) is 3.21. The van der Waals surface area contributed by atoms with Crippen molar-refractivity contribution in [1.29, 1.82) is 0 Å². The van der Waals surface area contributed by atoms with Gasteiger partial charge in [0.05, 0.1) is 24.8 Å². The summed E-state index contributed by atoms with van der Waals surface area (Å²) in [5.41, 5.74) is 3.29. The second kappa shape index (κ2) is 13.6.